The van der Waals surface area contributed by atoms with E-state index in [-0.39, 0.29) is 18.4 Å². The zero-order valence-corrected chi connectivity index (χ0v) is 62.4. The fourth-order valence-corrected chi connectivity index (χ4v) is 10.7. The number of para-hydroxylation sites is 1. The molecule has 0 aliphatic heterocycles. The number of carbonyl (C=O) groups is 4. The van der Waals surface area contributed by atoms with E-state index < -0.39 is 0 Å². The topological polar surface area (TPSA) is 223 Å². The molecular weight excluding hydrogens is 1260 g/mol. The molecule has 0 heterocycles. The van der Waals surface area contributed by atoms with Crippen molar-refractivity contribution in [1.82, 2.24) is 4.31 Å². The van der Waals surface area contributed by atoms with Gasteiger partial charge in [0.15, 0.2) is 0 Å². The van der Waals surface area contributed by atoms with E-state index in [2.05, 4.69) is 172 Å². The SMILES string of the molecule is C=C.C=C.C=C.C=CC(=O)OCCCCCCOc1ccc(C2CCC(COc3ccc(OCC4CCC(c5ccc(OCCCCCCOC(=O)C=C)cc5)CC4)c(C)c3)CC2)cc1.C=CCCOCCC.C=O.CCC.CCCN(C)Sc1ccccc1N.CO.CO.O=CO. The third-order valence-corrected chi connectivity index (χ3v) is 15.5. The van der Waals surface area contributed by atoms with Crippen LogP contribution in [-0.4, -0.2) is 125 Å². The van der Waals surface area contributed by atoms with Gasteiger partial charge >= 0.3 is 11.9 Å². The molecular formula is C81H130N2O14S. The molecule has 0 atom stereocenters. The number of ether oxygens (including phenoxy) is 7. The van der Waals surface area contributed by atoms with E-state index in [1.165, 1.54) is 81.1 Å². The maximum atomic E-state index is 11.1. The number of rotatable bonds is 35. The lowest BCUT2D eigenvalue weighted by Crippen LogP contribution is -2.20. The molecule has 2 saturated carbocycles. The van der Waals surface area contributed by atoms with Gasteiger partial charge in [0.25, 0.3) is 6.47 Å². The van der Waals surface area contributed by atoms with Crippen molar-refractivity contribution in [3.63, 3.8) is 0 Å². The average Bonchev–Trinajstić information content (AvgIpc) is 0.961. The van der Waals surface area contributed by atoms with Crippen molar-refractivity contribution in [3.8, 4) is 23.0 Å². The van der Waals surface area contributed by atoms with Gasteiger partial charge in [0, 0.05) is 56.7 Å². The number of nitrogens with two attached hydrogens (primary N) is 1. The number of esters is 2. The van der Waals surface area contributed by atoms with Crippen LogP contribution in [-0.2, 0) is 33.4 Å². The van der Waals surface area contributed by atoms with E-state index in [9.17, 15) is 9.59 Å². The lowest BCUT2D eigenvalue weighted by molar-refractivity contribution is -0.138. The first-order valence-electron chi connectivity index (χ1n) is 34.5. The van der Waals surface area contributed by atoms with E-state index in [1.807, 2.05) is 37.1 Å². The number of aliphatic hydroxyl groups is 2. The largest absolute Gasteiger partial charge is 0.494 e. The van der Waals surface area contributed by atoms with Crippen molar-refractivity contribution in [2.24, 2.45) is 11.8 Å². The van der Waals surface area contributed by atoms with Crippen LogP contribution in [0.2, 0.25) is 0 Å². The molecule has 0 bridgehead atoms. The number of aliphatic hydroxyl groups excluding tert-OH is 2. The number of carboxylic acid groups (broad SMARTS) is 1. The quantitative estimate of drug-likeness (QED) is 0.00639. The highest BCUT2D eigenvalue weighted by Gasteiger charge is 2.25. The molecule has 6 rings (SSSR count). The molecule has 2 aliphatic rings. The average molecular weight is 1390 g/mol. The summed E-state index contributed by atoms with van der Waals surface area (Å²) in [6, 6.07) is 31.6. The Morgan fingerprint density at radius 1 is 0.551 bits per heavy atom. The number of nitrogens with zero attached hydrogens (tertiary/aromatic N) is 1. The molecule has 2 aliphatic carbocycles. The van der Waals surface area contributed by atoms with Gasteiger partial charge in [-0.25, -0.2) is 13.9 Å². The van der Waals surface area contributed by atoms with Crippen molar-refractivity contribution < 1.29 is 67.7 Å². The molecule has 16 nitrogen and oxygen atoms in total. The molecule has 0 radical (unpaired) electrons. The van der Waals surface area contributed by atoms with Crippen LogP contribution in [0.15, 0.2) is 173 Å². The molecule has 17 heteroatoms. The minimum Gasteiger partial charge on any atom is -0.494 e. The lowest BCUT2D eigenvalue weighted by atomic mass is 9.79. The number of unbranched alkanes of at least 4 members (excludes halogenated alkanes) is 6. The maximum Gasteiger partial charge on any atom is 0.330 e. The van der Waals surface area contributed by atoms with Gasteiger partial charge in [0.05, 0.1) is 39.6 Å². The predicted octanol–water partition coefficient (Wildman–Crippen LogP) is 19.2. The van der Waals surface area contributed by atoms with Crippen LogP contribution in [0, 0.1) is 18.8 Å². The number of carbonyl (C=O) groups excluding carboxylic acids is 3. The van der Waals surface area contributed by atoms with Gasteiger partial charge in [-0.05, 0) is 243 Å². The van der Waals surface area contributed by atoms with Crippen LogP contribution >= 0.6 is 11.9 Å². The Morgan fingerprint density at radius 3 is 1.33 bits per heavy atom. The minimum absolute atomic E-state index is 0.250. The summed E-state index contributed by atoms with van der Waals surface area (Å²) < 4.78 is 42.0. The molecule has 0 amide bonds. The van der Waals surface area contributed by atoms with Crippen molar-refractivity contribution in [2.75, 3.05) is 86.4 Å². The van der Waals surface area contributed by atoms with Gasteiger partial charge in [0.1, 0.15) is 29.8 Å². The fourth-order valence-electron chi connectivity index (χ4n) is 9.76. The van der Waals surface area contributed by atoms with Crippen molar-refractivity contribution in [1.29, 1.82) is 0 Å². The van der Waals surface area contributed by atoms with E-state index >= 15 is 0 Å². The standard InChI is InChI=1S/C51H68O8.C10H16N2S.C7H14O.C3H8.3C2H4.CH2O2.2CH4O.CH2O/c1-4-50(52)56-34-12-8-6-10-32-54-46-26-22-44(23-27-46)42-18-14-40(15-19-42)37-58-48-30-31-49(39(3)36-48)59-38-41-16-20-43(21-17-41)45-24-28-47(29-25-45)55-33-11-7-9-13-35-57-51(53)5-2;1-3-8-12(2)13-10-7-5-4-6-9(10)11;1-3-5-7-8-6-4-2;1-3-2;3*1-2;2-1-3;3*1-2/h4-5,22-31,36,40-43H,1-2,6-21,32-35,37-38H2,3H3;4-7H,3,8,11H2,1-2H3;3H,1,4-7H2,2H3;3H2,1-2H3;3*1-2H2;1H,(H,2,3);2*2H,1H3;1H2. The summed E-state index contributed by atoms with van der Waals surface area (Å²) in [7, 11) is 4.08. The number of hydrogen-bond donors (Lipinski definition) is 4. The Hall–Kier alpha value is -7.41. The molecule has 0 unspecified atom stereocenters. The minimum atomic E-state index is -0.353. The van der Waals surface area contributed by atoms with Crippen LogP contribution in [0.3, 0.4) is 0 Å². The third-order valence-electron chi connectivity index (χ3n) is 14.5. The number of aryl methyl sites for hydroxylation is 1. The summed E-state index contributed by atoms with van der Waals surface area (Å²) in [6.45, 7) is 47.4. The highest BCUT2D eigenvalue weighted by molar-refractivity contribution is 7.97. The fraction of sp³-hybridized carbons (Fsp3) is 0.506. The van der Waals surface area contributed by atoms with Gasteiger partial charge in [-0.1, -0.05) is 89.7 Å². The zero-order valence-electron chi connectivity index (χ0n) is 61.6. The second-order valence-corrected chi connectivity index (χ2v) is 23.1. The van der Waals surface area contributed by atoms with Gasteiger partial charge in [-0.15, -0.1) is 46.1 Å². The highest BCUT2D eigenvalue weighted by Crippen LogP contribution is 2.39. The Labute approximate surface area is 597 Å². The van der Waals surface area contributed by atoms with Crippen LogP contribution < -0.4 is 24.7 Å². The number of hydrogen-bond acceptors (Lipinski definition) is 16. The van der Waals surface area contributed by atoms with Crippen LogP contribution in [0.1, 0.15) is 185 Å². The summed E-state index contributed by atoms with van der Waals surface area (Å²) in [5.41, 5.74) is 10.6. The molecule has 0 aromatic heterocycles. The van der Waals surface area contributed by atoms with Crippen LogP contribution in [0.25, 0.3) is 0 Å². The zero-order chi connectivity index (χ0) is 74.8. The van der Waals surface area contributed by atoms with E-state index in [1.54, 1.807) is 11.9 Å². The number of anilines is 1. The number of nitrogen functional groups attached to an aromatic ring is 1. The molecule has 4 aromatic carbocycles. The van der Waals surface area contributed by atoms with E-state index in [4.69, 9.17) is 63.8 Å². The van der Waals surface area contributed by atoms with Gasteiger partial charge in [-0.3, -0.25) is 4.79 Å². The molecule has 98 heavy (non-hydrogen) atoms. The summed E-state index contributed by atoms with van der Waals surface area (Å²) >= 11 is 1.70. The Kier molecular flexibility index (Phi) is 76.3. The van der Waals surface area contributed by atoms with Crippen molar-refractivity contribution in [2.45, 2.75) is 180 Å². The van der Waals surface area contributed by atoms with E-state index in [0.717, 1.165) is 157 Å². The Bertz CT molecular complexity index is 2460. The lowest BCUT2D eigenvalue weighted by Gasteiger charge is -2.29. The summed E-state index contributed by atoms with van der Waals surface area (Å²) in [4.78, 5) is 39.7. The van der Waals surface area contributed by atoms with Crippen molar-refractivity contribution >= 4 is 42.8 Å². The van der Waals surface area contributed by atoms with Gasteiger partial charge in [-0.2, -0.15) is 0 Å². The molecule has 554 valence electrons. The van der Waals surface area contributed by atoms with Crippen LogP contribution in [0.4, 0.5) is 5.69 Å². The normalized spacial score (nSPS) is 14.2. The summed E-state index contributed by atoms with van der Waals surface area (Å²) in [5.74, 6) is 5.39. The second-order valence-electron chi connectivity index (χ2n) is 21.9. The first-order chi connectivity index (χ1) is 47.9. The summed E-state index contributed by atoms with van der Waals surface area (Å²) in [5, 5.41) is 20.9. The molecule has 4 aromatic rings. The molecule has 0 spiro atoms. The Balaban J connectivity index is -0.000000605. The van der Waals surface area contributed by atoms with Crippen LogP contribution in [0.5, 0.6) is 23.0 Å². The smallest absolute Gasteiger partial charge is 0.330 e. The Morgan fingerprint density at radius 2 is 0.949 bits per heavy atom. The third kappa shape index (κ3) is 53.6. The van der Waals surface area contributed by atoms with Gasteiger partial charge < -0.3 is 59.0 Å². The highest BCUT2D eigenvalue weighted by atomic mass is 32.2. The number of benzene rings is 4. The predicted molar refractivity (Wildman–Crippen MR) is 412 cm³/mol. The second kappa shape index (κ2) is 75.4. The monoisotopic (exact) mass is 1390 g/mol. The van der Waals surface area contributed by atoms with Crippen molar-refractivity contribution in [3.05, 3.63) is 185 Å². The van der Waals surface area contributed by atoms with E-state index in [0.29, 0.717) is 50.1 Å². The van der Waals surface area contributed by atoms with Gasteiger partial charge in [0.2, 0.25) is 0 Å². The maximum absolute atomic E-state index is 11.1. The first kappa shape index (κ1) is 99.3. The molecule has 5 N–H and O–H groups in total. The molecule has 2 fully saturated rings. The summed E-state index contributed by atoms with van der Waals surface area (Å²) in [6.07, 6.45) is 26.1. The first-order valence-corrected chi connectivity index (χ1v) is 35.2. The molecule has 0 saturated heterocycles.